The van der Waals surface area contributed by atoms with Gasteiger partial charge in [0.15, 0.2) is 5.11 Å². The lowest BCUT2D eigenvalue weighted by atomic mass is 10.1. The second-order valence-electron chi connectivity index (χ2n) is 7.46. The van der Waals surface area contributed by atoms with Crippen molar-refractivity contribution in [3.05, 3.63) is 94.0 Å². The Bertz CT molecular complexity index is 1160. The maximum absolute atomic E-state index is 12.9. The molecule has 0 fully saturated rings. The molecule has 176 valence electrons. The van der Waals surface area contributed by atoms with Crippen molar-refractivity contribution in [1.29, 1.82) is 0 Å². The van der Waals surface area contributed by atoms with E-state index >= 15 is 0 Å². The van der Waals surface area contributed by atoms with Crippen LogP contribution in [0.1, 0.15) is 46.0 Å². The van der Waals surface area contributed by atoms with Crippen LogP contribution in [0.5, 0.6) is 5.75 Å². The number of anilines is 1. The molecule has 6 nitrogen and oxygen atoms in total. The van der Waals surface area contributed by atoms with Crippen LogP contribution >= 0.6 is 28.1 Å². The summed E-state index contributed by atoms with van der Waals surface area (Å²) in [7, 11) is 0. The zero-order valence-corrected chi connectivity index (χ0v) is 21.2. The Morgan fingerprint density at radius 1 is 0.941 bits per heavy atom. The first-order chi connectivity index (χ1) is 16.5. The lowest BCUT2D eigenvalue weighted by molar-refractivity contribution is 0.0949. The summed E-state index contributed by atoms with van der Waals surface area (Å²) < 4.78 is 6.52. The Labute approximate surface area is 213 Å². The average molecular weight is 540 g/mol. The molecule has 0 bridgehead atoms. The molecule has 0 saturated heterocycles. The van der Waals surface area contributed by atoms with Gasteiger partial charge < -0.3 is 15.4 Å². The van der Waals surface area contributed by atoms with Crippen LogP contribution in [0.15, 0.2) is 77.3 Å². The van der Waals surface area contributed by atoms with Gasteiger partial charge in [-0.15, -0.1) is 0 Å². The number of unbranched alkanes of at least 4 members (excludes halogenated alkanes) is 1. The summed E-state index contributed by atoms with van der Waals surface area (Å²) in [4.78, 5) is 25.7. The quantitative estimate of drug-likeness (QED) is 0.240. The SMILES string of the molecule is CCCCOc1ccc(Br)cc1C(=O)NC(=S)Nc1ccccc1C(=O)NCc1ccccc1. The molecule has 3 aromatic rings. The van der Waals surface area contributed by atoms with Gasteiger partial charge in [-0.3, -0.25) is 14.9 Å². The fourth-order valence-electron chi connectivity index (χ4n) is 3.12. The van der Waals surface area contributed by atoms with Gasteiger partial charge in [-0.05, 0) is 54.5 Å². The fraction of sp³-hybridized carbons (Fsp3) is 0.192. The number of carbonyl (C=O) groups is 2. The molecule has 0 radical (unpaired) electrons. The minimum Gasteiger partial charge on any atom is -0.493 e. The van der Waals surface area contributed by atoms with Gasteiger partial charge in [-0.2, -0.15) is 0 Å². The Kier molecular flexibility index (Phi) is 9.61. The summed E-state index contributed by atoms with van der Waals surface area (Å²) in [6.45, 7) is 2.99. The van der Waals surface area contributed by atoms with Crippen LogP contribution in [0.4, 0.5) is 5.69 Å². The van der Waals surface area contributed by atoms with Crippen molar-refractivity contribution in [2.45, 2.75) is 26.3 Å². The number of carbonyl (C=O) groups excluding carboxylic acids is 2. The first-order valence-corrected chi connectivity index (χ1v) is 12.1. The first-order valence-electron chi connectivity index (χ1n) is 10.9. The van der Waals surface area contributed by atoms with Crippen LogP contribution in [0, 0.1) is 0 Å². The molecular formula is C26H26BrN3O3S. The zero-order chi connectivity index (χ0) is 24.3. The van der Waals surface area contributed by atoms with E-state index in [1.807, 2.05) is 36.4 Å². The molecule has 0 aliphatic heterocycles. The molecule has 0 aliphatic carbocycles. The fourth-order valence-corrected chi connectivity index (χ4v) is 3.68. The lowest BCUT2D eigenvalue weighted by Crippen LogP contribution is -2.35. The van der Waals surface area contributed by atoms with Crippen LogP contribution in [0.2, 0.25) is 0 Å². The van der Waals surface area contributed by atoms with Gasteiger partial charge in [0.2, 0.25) is 0 Å². The molecule has 34 heavy (non-hydrogen) atoms. The average Bonchev–Trinajstić information content (AvgIpc) is 2.84. The van der Waals surface area contributed by atoms with Gasteiger partial charge in [0.1, 0.15) is 5.75 Å². The van der Waals surface area contributed by atoms with Crippen LogP contribution in [-0.4, -0.2) is 23.5 Å². The summed E-state index contributed by atoms with van der Waals surface area (Å²) in [6.07, 6.45) is 1.88. The van der Waals surface area contributed by atoms with Crippen molar-refractivity contribution in [2.24, 2.45) is 0 Å². The number of ether oxygens (including phenoxy) is 1. The number of hydrogen-bond donors (Lipinski definition) is 3. The minimum atomic E-state index is -0.406. The molecule has 0 aliphatic rings. The molecule has 2 amide bonds. The molecule has 8 heteroatoms. The van der Waals surface area contributed by atoms with Crippen molar-refractivity contribution >= 4 is 50.8 Å². The molecule has 3 aromatic carbocycles. The van der Waals surface area contributed by atoms with Crippen LogP contribution in [-0.2, 0) is 6.54 Å². The van der Waals surface area contributed by atoms with Crippen molar-refractivity contribution in [3.63, 3.8) is 0 Å². The van der Waals surface area contributed by atoms with E-state index in [1.54, 1.807) is 36.4 Å². The zero-order valence-electron chi connectivity index (χ0n) is 18.8. The third kappa shape index (κ3) is 7.40. The number of rotatable bonds is 9. The summed E-state index contributed by atoms with van der Waals surface area (Å²) in [5, 5.41) is 8.62. The first kappa shape index (κ1) is 25.4. The van der Waals surface area contributed by atoms with Gasteiger partial charge >= 0.3 is 0 Å². The third-order valence-electron chi connectivity index (χ3n) is 4.88. The number of para-hydroxylation sites is 1. The molecule has 0 aromatic heterocycles. The van der Waals surface area contributed by atoms with E-state index in [0.29, 0.717) is 35.7 Å². The topological polar surface area (TPSA) is 79.5 Å². The van der Waals surface area contributed by atoms with E-state index in [0.717, 1.165) is 22.9 Å². The Morgan fingerprint density at radius 3 is 2.44 bits per heavy atom. The molecule has 3 rings (SSSR count). The van der Waals surface area contributed by atoms with Gasteiger partial charge in [0.25, 0.3) is 11.8 Å². The number of nitrogens with one attached hydrogen (secondary N) is 3. The minimum absolute atomic E-state index is 0.0767. The van der Waals surface area contributed by atoms with E-state index in [-0.39, 0.29) is 11.0 Å². The Morgan fingerprint density at radius 2 is 1.68 bits per heavy atom. The van der Waals surface area contributed by atoms with E-state index in [1.165, 1.54) is 0 Å². The largest absolute Gasteiger partial charge is 0.493 e. The third-order valence-corrected chi connectivity index (χ3v) is 5.58. The van der Waals surface area contributed by atoms with Gasteiger partial charge in [-0.25, -0.2) is 0 Å². The molecule has 0 atom stereocenters. The van der Waals surface area contributed by atoms with Crippen molar-refractivity contribution in [3.8, 4) is 5.75 Å². The maximum atomic E-state index is 12.9. The van der Waals surface area contributed by atoms with Crippen LogP contribution < -0.4 is 20.7 Å². The second-order valence-corrected chi connectivity index (χ2v) is 8.79. The van der Waals surface area contributed by atoms with Crippen molar-refractivity contribution < 1.29 is 14.3 Å². The maximum Gasteiger partial charge on any atom is 0.261 e. The summed E-state index contributed by atoms with van der Waals surface area (Å²) in [5.41, 5.74) is 2.27. The van der Waals surface area contributed by atoms with Gasteiger partial charge in [0, 0.05) is 11.0 Å². The molecule has 0 saturated carbocycles. The highest BCUT2D eigenvalue weighted by molar-refractivity contribution is 9.10. The number of halogens is 1. The summed E-state index contributed by atoms with van der Waals surface area (Å²) in [5.74, 6) is -0.173. The lowest BCUT2D eigenvalue weighted by Gasteiger charge is -2.15. The molecule has 0 unspecified atom stereocenters. The number of amides is 2. The highest BCUT2D eigenvalue weighted by Crippen LogP contribution is 2.24. The summed E-state index contributed by atoms with van der Waals surface area (Å²) >= 11 is 8.75. The normalized spacial score (nSPS) is 10.3. The molecular weight excluding hydrogens is 514 g/mol. The van der Waals surface area contributed by atoms with Crippen molar-refractivity contribution in [2.75, 3.05) is 11.9 Å². The Balaban J connectivity index is 1.66. The predicted octanol–water partition coefficient (Wildman–Crippen LogP) is 5.68. The van der Waals surface area contributed by atoms with Gasteiger partial charge in [-0.1, -0.05) is 71.7 Å². The van der Waals surface area contributed by atoms with E-state index in [9.17, 15) is 9.59 Å². The van der Waals surface area contributed by atoms with Gasteiger partial charge in [0.05, 0.1) is 23.4 Å². The van der Waals surface area contributed by atoms with E-state index in [4.69, 9.17) is 17.0 Å². The van der Waals surface area contributed by atoms with Crippen molar-refractivity contribution in [1.82, 2.24) is 10.6 Å². The highest BCUT2D eigenvalue weighted by atomic mass is 79.9. The summed E-state index contributed by atoms with van der Waals surface area (Å²) in [6, 6.07) is 21.9. The number of benzene rings is 3. The highest BCUT2D eigenvalue weighted by Gasteiger charge is 2.17. The van der Waals surface area contributed by atoms with E-state index < -0.39 is 5.91 Å². The van der Waals surface area contributed by atoms with E-state index in [2.05, 4.69) is 38.8 Å². The molecule has 3 N–H and O–H groups in total. The Hall–Kier alpha value is -3.23. The predicted molar refractivity (Wildman–Crippen MR) is 142 cm³/mol. The molecule has 0 spiro atoms. The second kappa shape index (κ2) is 12.9. The van der Waals surface area contributed by atoms with Crippen LogP contribution in [0.3, 0.4) is 0 Å². The smallest absolute Gasteiger partial charge is 0.261 e. The number of hydrogen-bond acceptors (Lipinski definition) is 4. The molecule has 0 heterocycles. The standard InChI is InChI=1S/C26H26BrN3O3S/c1-2-3-15-33-23-14-13-19(27)16-21(23)25(32)30-26(34)29-22-12-8-7-11-20(22)24(31)28-17-18-9-5-4-6-10-18/h4-14,16H,2-3,15,17H2,1H3,(H,28,31)(H2,29,30,32,34). The number of thiocarbonyl (C=S) groups is 1. The van der Waals surface area contributed by atoms with Crippen LogP contribution in [0.25, 0.3) is 0 Å². The monoisotopic (exact) mass is 539 g/mol.